The van der Waals surface area contributed by atoms with Crippen LogP contribution in [0.4, 0.5) is 0 Å². The number of aromatic amines is 1. The van der Waals surface area contributed by atoms with E-state index in [9.17, 15) is 9.90 Å². The van der Waals surface area contributed by atoms with Gasteiger partial charge < -0.3 is 14.3 Å². The van der Waals surface area contributed by atoms with Crippen molar-refractivity contribution in [2.24, 2.45) is 10.8 Å². The van der Waals surface area contributed by atoms with Crippen molar-refractivity contribution in [2.75, 3.05) is 6.61 Å². The molecule has 2 unspecified atom stereocenters. The Balaban J connectivity index is 1.97. The molecule has 0 saturated carbocycles. The van der Waals surface area contributed by atoms with Crippen molar-refractivity contribution in [1.29, 1.82) is 0 Å². The molecule has 2 aliphatic rings. The van der Waals surface area contributed by atoms with Gasteiger partial charge in [0, 0.05) is 16.4 Å². The van der Waals surface area contributed by atoms with Crippen LogP contribution in [0.1, 0.15) is 40.2 Å². The first-order valence-electron chi connectivity index (χ1n) is 7.91. The summed E-state index contributed by atoms with van der Waals surface area (Å²) < 4.78 is 11.2. The summed E-state index contributed by atoms with van der Waals surface area (Å²) >= 11 is 0. The number of rotatable bonds is 1. The van der Waals surface area contributed by atoms with Crippen molar-refractivity contribution >= 4 is 11.1 Å². The molecule has 2 saturated heterocycles. The van der Waals surface area contributed by atoms with E-state index in [1.807, 2.05) is 0 Å². The molecule has 2 fully saturated rings. The van der Waals surface area contributed by atoms with Crippen LogP contribution in [0.2, 0.25) is 0 Å². The highest BCUT2D eigenvalue weighted by molar-refractivity contribution is 5.80. The molecular weight excluding hydrogens is 314 g/mol. The lowest BCUT2D eigenvalue weighted by Gasteiger charge is -2.61. The van der Waals surface area contributed by atoms with E-state index in [2.05, 4.69) is 39.6 Å². The first-order chi connectivity index (χ1) is 11.0. The van der Waals surface area contributed by atoms with Gasteiger partial charge in [-0.2, -0.15) is 4.89 Å². The highest BCUT2D eigenvalue weighted by Crippen LogP contribution is 2.69. The van der Waals surface area contributed by atoms with Crippen LogP contribution in [0.15, 0.2) is 21.3 Å². The zero-order valence-corrected chi connectivity index (χ0v) is 14.4. The molecule has 1 aromatic heterocycles. The molecule has 24 heavy (non-hydrogen) atoms. The second-order valence-electron chi connectivity index (χ2n) is 8.27. The SMILES string of the molecule is CC(C)(C)C12OOC1(c1cc(O)c3[nH]c(=O)oc3c1)OCC2(C)C. The van der Waals surface area contributed by atoms with Gasteiger partial charge in [0.15, 0.2) is 11.2 Å². The van der Waals surface area contributed by atoms with Crippen LogP contribution in [-0.4, -0.2) is 22.3 Å². The number of hydrogen-bond acceptors (Lipinski definition) is 6. The van der Waals surface area contributed by atoms with Crippen LogP contribution in [0, 0.1) is 10.8 Å². The summed E-state index contributed by atoms with van der Waals surface area (Å²) in [5.74, 6) is -1.90. The minimum absolute atomic E-state index is 0.102. The average molecular weight is 335 g/mol. The molecule has 0 bridgehead atoms. The van der Waals surface area contributed by atoms with Gasteiger partial charge in [0.2, 0.25) is 0 Å². The van der Waals surface area contributed by atoms with Crippen molar-refractivity contribution < 1.29 is 24.0 Å². The molecule has 3 heterocycles. The molecule has 2 aromatic rings. The van der Waals surface area contributed by atoms with Gasteiger partial charge in [0.05, 0.1) is 6.61 Å². The smallest absolute Gasteiger partial charge is 0.417 e. The van der Waals surface area contributed by atoms with Gasteiger partial charge in [-0.25, -0.2) is 9.68 Å². The summed E-state index contributed by atoms with van der Waals surface area (Å²) in [6.45, 7) is 10.8. The Morgan fingerprint density at radius 1 is 1.21 bits per heavy atom. The lowest BCUT2D eigenvalue weighted by molar-refractivity contribution is -0.626. The van der Waals surface area contributed by atoms with Gasteiger partial charge in [-0.3, -0.25) is 4.98 Å². The quantitative estimate of drug-likeness (QED) is 0.778. The number of H-pyrrole nitrogens is 1. The van der Waals surface area contributed by atoms with Crippen molar-refractivity contribution in [2.45, 2.75) is 46.0 Å². The topological polar surface area (TPSA) is 93.9 Å². The van der Waals surface area contributed by atoms with E-state index < -0.39 is 17.1 Å². The van der Waals surface area contributed by atoms with Crippen LogP contribution in [0.3, 0.4) is 0 Å². The molecule has 0 radical (unpaired) electrons. The highest BCUT2D eigenvalue weighted by atomic mass is 17.3. The Morgan fingerprint density at radius 3 is 2.50 bits per heavy atom. The predicted molar refractivity (Wildman–Crippen MR) is 84.3 cm³/mol. The molecule has 7 nitrogen and oxygen atoms in total. The van der Waals surface area contributed by atoms with Crippen LogP contribution in [-0.2, 0) is 20.3 Å². The Morgan fingerprint density at radius 2 is 1.92 bits per heavy atom. The van der Waals surface area contributed by atoms with Crippen molar-refractivity contribution in [1.82, 2.24) is 4.98 Å². The third-order valence-corrected chi connectivity index (χ3v) is 5.28. The molecule has 2 atom stereocenters. The molecule has 7 heteroatoms. The van der Waals surface area contributed by atoms with Crippen molar-refractivity contribution in [3.05, 3.63) is 28.2 Å². The molecule has 0 amide bonds. The summed E-state index contributed by atoms with van der Waals surface area (Å²) in [5.41, 5.74) is -0.344. The Hall–Kier alpha value is -1.83. The molecule has 2 aliphatic heterocycles. The van der Waals surface area contributed by atoms with E-state index in [4.69, 9.17) is 18.9 Å². The third-order valence-electron chi connectivity index (χ3n) is 5.28. The predicted octanol–water partition coefficient (Wildman–Crippen LogP) is 2.78. The molecule has 2 N–H and O–H groups in total. The summed E-state index contributed by atoms with van der Waals surface area (Å²) in [6.07, 6.45) is 0. The van der Waals surface area contributed by atoms with Gasteiger partial charge >= 0.3 is 5.76 Å². The summed E-state index contributed by atoms with van der Waals surface area (Å²) in [7, 11) is 0. The maximum Gasteiger partial charge on any atom is 0.417 e. The fourth-order valence-corrected chi connectivity index (χ4v) is 4.46. The zero-order chi connectivity index (χ0) is 17.5. The van der Waals surface area contributed by atoms with Crippen LogP contribution >= 0.6 is 0 Å². The normalized spacial score (nSPS) is 31.9. The second kappa shape index (κ2) is 4.22. The third kappa shape index (κ3) is 1.55. The Kier molecular flexibility index (Phi) is 2.76. The number of nitrogens with one attached hydrogen (secondary N) is 1. The van der Waals surface area contributed by atoms with E-state index in [0.717, 1.165) is 0 Å². The summed E-state index contributed by atoms with van der Waals surface area (Å²) in [4.78, 5) is 25.2. The maximum absolute atomic E-state index is 11.4. The first kappa shape index (κ1) is 15.7. The summed E-state index contributed by atoms with van der Waals surface area (Å²) in [6, 6.07) is 3.18. The van der Waals surface area contributed by atoms with Gasteiger partial charge in [-0.15, -0.1) is 0 Å². The van der Waals surface area contributed by atoms with E-state index in [0.29, 0.717) is 12.2 Å². The number of benzene rings is 1. The lowest BCUT2D eigenvalue weighted by atomic mass is 9.57. The second-order valence-corrected chi connectivity index (χ2v) is 8.27. The molecular formula is C17H21NO6. The highest BCUT2D eigenvalue weighted by Gasteiger charge is 2.81. The van der Waals surface area contributed by atoms with E-state index in [-0.39, 0.29) is 27.7 Å². The fourth-order valence-electron chi connectivity index (χ4n) is 4.46. The van der Waals surface area contributed by atoms with Gasteiger partial charge in [-0.1, -0.05) is 34.6 Å². The number of phenols is 1. The number of oxazole rings is 1. The summed E-state index contributed by atoms with van der Waals surface area (Å²) in [5, 5.41) is 10.3. The molecule has 0 aliphatic carbocycles. The molecule has 0 spiro atoms. The Bertz CT molecular complexity index is 889. The number of hydrogen-bond donors (Lipinski definition) is 2. The van der Waals surface area contributed by atoms with Crippen molar-refractivity contribution in [3.8, 4) is 5.75 Å². The van der Waals surface area contributed by atoms with E-state index >= 15 is 0 Å². The Labute approximate surface area is 138 Å². The molecule has 4 rings (SSSR count). The van der Waals surface area contributed by atoms with E-state index in [1.54, 1.807) is 6.07 Å². The van der Waals surface area contributed by atoms with Crippen molar-refractivity contribution in [3.63, 3.8) is 0 Å². The number of ether oxygens (including phenoxy) is 1. The number of phenolic OH excluding ortho intramolecular Hbond substituents is 1. The van der Waals surface area contributed by atoms with Gasteiger partial charge in [0.25, 0.3) is 5.79 Å². The van der Waals surface area contributed by atoms with E-state index in [1.165, 1.54) is 6.07 Å². The molecule has 1 aromatic carbocycles. The van der Waals surface area contributed by atoms with Crippen LogP contribution in [0.25, 0.3) is 11.1 Å². The largest absolute Gasteiger partial charge is 0.506 e. The fraction of sp³-hybridized carbons (Fsp3) is 0.588. The van der Waals surface area contributed by atoms with Gasteiger partial charge in [0.1, 0.15) is 11.3 Å². The minimum atomic E-state index is -1.17. The maximum atomic E-state index is 11.4. The first-order valence-corrected chi connectivity index (χ1v) is 7.91. The average Bonchev–Trinajstić information content (AvgIpc) is 2.83. The number of aromatic nitrogens is 1. The number of aromatic hydroxyl groups is 1. The lowest BCUT2D eigenvalue weighted by Crippen LogP contribution is -2.73. The zero-order valence-electron chi connectivity index (χ0n) is 14.4. The van der Waals surface area contributed by atoms with Gasteiger partial charge in [-0.05, 0) is 12.1 Å². The monoisotopic (exact) mass is 335 g/mol. The number of fused-ring (bicyclic) bond motifs is 2. The molecule has 130 valence electrons. The van der Waals surface area contributed by atoms with Crippen LogP contribution in [0.5, 0.6) is 5.75 Å². The van der Waals surface area contributed by atoms with Crippen LogP contribution < -0.4 is 5.76 Å². The minimum Gasteiger partial charge on any atom is -0.506 e. The standard InChI is InChI=1S/C17H21NO6/c1-14(2,3)17-15(4,5)8-21-16(17,23-24-17)9-6-10(19)12-11(7-9)22-13(20)18-12/h6-7,19H,8H2,1-5H3,(H,18,20).